The van der Waals surface area contributed by atoms with Crippen LogP contribution in [0, 0.1) is 6.92 Å². The molecule has 3 heterocycles. The topological polar surface area (TPSA) is 109 Å². The normalized spacial score (nSPS) is 18.2. The Morgan fingerprint density at radius 1 is 1.23 bits per heavy atom. The van der Waals surface area contributed by atoms with Gasteiger partial charge >= 0.3 is 0 Å². The Balaban J connectivity index is 1.36. The van der Waals surface area contributed by atoms with Gasteiger partial charge in [0.15, 0.2) is 0 Å². The molecular formula is C23H24N4O4. The first-order chi connectivity index (χ1) is 15.0. The van der Waals surface area contributed by atoms with Gasteiger partial charge in [0.25, 0.3) is 0 Å². The maximum atomic E-state index is 12.8. The third-order valence-corrected chi connectivity index (χ3v) is 5.32. The molecule has 2 amide bonds. The number of amides is 2. The number of aliphatic hydroxyl groups excluding tert-OH is 1. The second kappa shape index (κ2) is 9.09. The Kier molecular flexibility index (Phi) is 6.08. The highest BCUT2D eigenvalue weighted by Gasteiger charge is 2.38. The molecule has 2 N–H and O–H groups in total. The molecule has 2 aromatic heterocycles. The van der Waals surface area contributed by atoms with Crippen LogP contribution in [-0.2, 0) is 22.6 Å². The summed E-state index contributed by atoms with van der Waals surface area (Å²) in [6, 6.07) is 12.7. The summed E-state index contributed by atoms with van der Waals surface area (Å²) in [5.41, 5.74) is 3.69. The van der Waals surface area contributed by atoms with Gasteiger partial charge in [-0.15, -0.1) is 0 Å². The highest BCUT2D eigenvalue weighted by Crippen LogP contribution is 2.21. The molecule has 8 heteroatoms. The molecule has 1 aliphatic rings. The lowest BCUT2D eigenvalue weighted by Crippen LogP contribution is -2.46. The summed E-state index contributed by atoms with van der Waals surface area (Å²) in [4.78, 5) is 31.0. The van der Waals surface area contributed by atoms with Crippen LogP contribution in [-0.4, -0.2) is 50.7 Å². The number of aryl methyl sites for hydroxylation is 1. The summed E-state index contributed by atoms with van der Waals surface area (Å²) >= 11 is 0. The van der Waals surface area contributed by atoms with E-state index in [4.69, 9.17) is 4.52 Å². The molecule has 1 aromatic carbocycles. The molecule has 2 unspecified atom stereocenters. The van der Waals surface area contributed by atoms with E-state index in [2.05, 4.69) is 15.5 Å². The first-order valence-corrected chi connectivity index (χ1v) is 10.2. The number of hydrogen-bond acceptors (Lipinski definition) is 6. The predicted octanol–water partition coefficient (Wildman–Crippen LogP) is 1.87. The lowest BCUT2D eigenvalue weighted by Gasteiger charge is -2.23. The molecule has 0 saturated carbocycles. The van der Waals surface area contributed by atoms with E-state index in [0.29, 0.717) is 18.0 Å². The van der Waals surface area contributed by atoms with E-state index in [1.54, 1.807) is 25.4 Å². The van der Waals surface area contributed by atoms with Crippen molar-refractivity contribution < 1.29 is 19.2 Å². The van der Waals surface area contributed by atoms with Gasteiger partial charge in [-0.3, -0.25) is 14.6 Å². The van der Waals surface area contributed by atoms with Gasteiger partial charge in [0.05, 0.1) is 18.2 Å². The quantitative estimate of drug-likeness (QED) is 0.630. The molecule has 0 bridgehead atoms. The Bertz CT molecular complexity index is 1050. The van der Waals surface area contributed by atoms with Gasteiger partial charge in [0.1, 0.15) is 11.8 Å². The Labute approximate surface area is 179 Å². The number of aliphatic hydroxyl groups is 1. The maximum Gasteiger partial charge on any atom is 0.243 e. The number of carbonyl (C=O) groups is 2. The number of carbonyl (C=O) groups excluding carboxylic acids is 2. The average Bonchev–Trinajstić information content (AvgIpc) is 3.38. The van der Waals surface area contributed by atoms with Crippen molar-refractivity contribution in [2.24, 2.45) is 0 Å². The van der Waals surface area contributed by atoms with Gasteiger partial charge in [-0.1, -0.05) is 35.5 Å². The molecule has 1 saturated heterocycles. The molecule has 1 aliphatic heterocycles. The van der Waals surface area contributed by atoms with E-state index >= 15 is 0 Å². The van der Waals surface area contributed by atoms with Crippen LogP contribution in [0.2, 0.25) is 0 Å². The smallest absolute Gasteiger partial charge is 0.243 e. The number of benzene rings is 1. The van der Waals surface area contributed by atoms with E-state index in [-0.39, 0.29) is 31.2 Å². The van der Waals surface area contributed by atoms with E-state index in [0.717, 1.165) is 16.7 Å². The van der Waals surface area contributed by atoms with Crippen LogP contribution in [0.4, 0.5) is 0 Å². The highest BCUT2D eigenvalue weighted by atomic mass is 16.5. The second-order valence-corrected chi connectivity index (χ2v) is 7.72. The lowest BCUT2D eigenvalue weighted by atomic mass is 10.1. The van der Waals surface area contributed by atoms with Crippen molar-refractivity contribution in [2.45, 2.75) is 38.5 Å². The summed E-state index contributed by atoms with van der Waals surface area (Å²) in [6.45, 7) is 2.24. The number of β-amino-alcohol motifs (C(OH)–C–C–N with tert-alkyl or cyclic N) is 1. The molecule has 0 aliphatic carbocycles. The molecule has 3 aromatic rings. The molecule has 1 fully saturated rings. The van der Waals surface area contributed by atoms with Crippen molar-refractivity contribution >= 4 is 11.8 Å². The summed E-state index contributed by atoms with van der Waals surface area (Å²) in [7, 11) is 0. The van der Waals surface area contributed by atoms with Crippen molar-refractivity contribution in [3.05, 3.63) is 71.9 Å². The monoisotopic (exact) mass is 420 g/mol. The van der Waals surface area contributed by atoms with Crippen molar-refractivity contribution in [2.75, 3.05) is 6.54 Å². The first kappa shape index (κ1) is 20.7. The minimum absolute atomic E-state index is 0.00709. The average molecular weight is 420 g/mol. The zero-order chi connectivity index (χ0) is 21.8. The number of likely N-dealkylation sites (tertiary alicyclic amines) is 1. The zero-order valence-corrected chi connectivity index (χ0v) is 17.2. The van der Waals surface area contributed by atoms with Gasteiger partial charge < -0.3 is 19.8 Å². The maximum absolute atomic E-state index is 12.8. The van der Waals surface area contributed by atoms with Crippen molar-refractivity contribution in [1.29, 1.82) is 0 Å². The van der Waals surface area contributed by atoms with Crippen LogP contribution in [0.1, 0.15) is 23.4 Å². The lowest BCUT2D eigenvalue weighted by molar-refractivity contribution is -0.138. The molecule has 4 rings (SSSR count). The molecule has 8 nitrogen and oxygen atoms in total. The number of pyridine rings is 1. The second-order valence-electron chi connectivity index (χ2n) is 7.72. The zero-order valence-electron chi connectivity index (χ0n) is 17.2. The number of nitrogens with one attached hydrogen (secondary N) is 1. The summed E-state index contributed by atoms with van der Waals surface area (Å²) in [5.74, 6) is -0.111. The van der Waals surface area contributed by atoms with E-state index in [9.17, 15) is 14.7 Å². The van der Waals surface area contributed by atoms with Crippen LogP contribution in [0.5, 0.6) is 0 Å². The number of rotatable bonds is 6. The predicted molar refractivity (Wildman–Crippen MR) is 113 cm³/mol. The molecule has 160 valence electrons. The molecule has 31 heavy (non-hydrogen) atoms. The summed E-state index contributed by atoms with van der Waals surface area (Å²) in [6.07, 6.45) is 3.02. The molecule has 0 radical (unpaired) electrons. The molecule has 0 spiro atoms. The van der Waals surface area contributed by atoms with Crippen molar-refractivity contribution in [1.82, 2.24) is 20.4 Å². The number of nitrogens with zero attached hydrogens (tertiary/aromatic N) is 3. The molecular weight excluding hydrogens is 396 g/mol. The Hall–Kier alpha value is -3.52. The summed E-state index contributed by atoms with van der Waals surface area (Å²) in [5, 5.41) is 16.7. The van der Waals surface area contributed by atoms with Crippen LogP contribution in [0.25, 0.3) is 11.1 Å². The van der Waals surface area contributed by atoms with Gasteiger partial charge in [0.2, 0.25) is 11.8 Å². The van der Waals surface area contributed by atoms with Crippen molar-refractivity contribution in [3.63, 3.8) is 0 Å². The Morgan fingerprint density at radius 2 is 2.03 bits per heavy atom. The molecule has 2 atom stereocenters. The van der Waals surface area contributed by atoms with Gasteiger partial charge in [-0.2, -0.15) is 0 Å². The van der Waals surface area contributed by atoms with E-state index in [1.165, 1.54) is 4.90 Å². The van der Waals surface area contributed by atoms with Gasteiger partial charge in [0, 0.05) is 38.0 Å². The Morgan fingerprint density at radius 3 is 2.71 bits per heavy atom. The van der Waals surface area contributed by atoms with Gasteiger partial charge in [-0.05, 0) is 29.7 Å². The van der Waals surface area contributed by atoms with Crippen LogP contribution in [0.3, 0.4) is 0 Å². The number of aromatic nitrogens is 2. The van der Waals surface area contributed by atoms with Crippen LogP contribution in [0.15, 0.2) is 59.4 Å². The first-order valence-electron chi connectivity index (χ1n) is 10.2. The van der Waals surface area contributed by atoms with Gasteiger partial charge in [-0.25, -0.2) is 0 Å². The minimum atomic E-state index is -0.727. The third kappa shape index (κ3) is 4.97. The SMILES string of the molecule is Cc1cc(CC(=O)N2CC(O)CC2C(=O)NCc2ccc(-c3cccnc3)cc2)on1. The van der Waals surface area contributed by atoms with E-state index < -0.39 is 12.1 Å². The van der Waals surface area contributed by atoms with Crippen LogP contribution < -0.4 is 5.32 Å². The largest absolute Gasteiger partial charge is 0.391 e. The fraction of sp³-hybridized carbons (Fsp3) is 0.304. The minimum Gasteiger partial charge on any atom is -0.391 e. The van der Waals surface area contributed by atoms with Crippen molar-refractivity contribution in [3.8, 4) is 11.1 Å². The summed E-state index contributed by atoms with van der Waals surface area (Å²) < 4.78 is 5.10. The van der Waals surface area contributed by atoms with Crippen LogP contribution >= 0.6 is 0 Å². The number of hydrogen-bond donors (Lipinski definition) is 2. The third-order valence-electron chi connectivity index (χ3n) is 5.32. The fourth-order valence-corrected chi connectivity index (χ4v) is 3.74. The highest BCUT2D eigenvalue weighted by molar-refractivity contribution is 5.89. The van der Waals surface area contributed by atoms with E-state index in [1.807, 2.05) is 36.4 Å². The standard InChI is InChI=1S/C23H24N4O4/c1-15-9-20(31-26-15)11-22(29)27-14-19(28)10-21(27)23(30)25-12-16-4-6-17(7-5-16)18-3-2-8-24-13-18/h2-9,13,19,21,28H,10-12,14H2,1H3,(H,25,30). The fourth-order valence-electron chi connectivity index (χ4n) is 3.74.